The van der Waals surface area contributed by atoms with Gasteiger partial charge in [0.1, 0.15) is 0 Å². The SMILES string of the molecule is COc1ccc(C(=O)NC(=S)Nc2cccc(C(C)=O)c2)cc1OC. The summed E-state index contributed by atoms with van der Waals surface area (Å²) < 4.78 is 10.3. The van der Waals surface area contributed by atoms with E-state index in [4.69, 9.17) is 21.7 Å². The number of hydrogen-bond acceptors (Lipinski definition) is 5. The molecule has 0 saturated heterocycles. The zero-order valence-electron chi connectivity index (χ0n) is 14.1. The average Bonchev–Trinajstić information content (AvgIpc) is 2.61. The van der Waals surface area contributed by atoms with Crippen molar-refractivity contribution in [2.75, 3.05) is 19.5 Å². The second-order valence-electron chi connectivity index (χ2n) is 5.12. The Morgan fingerprint density at radius 3 is 2.32 bits per heavy atom. The molecule has 0 aromatic heterocycles. The smallest absolute Gasteiger partial charge is 0.257 e. The van der Waals surface area contributed by atoms with Gasteiger partial charge < -0.3 is 14.8 Å². The van der Waals surface area contributed by atoms with Gasteiger partial charge in [-0.25, -0.2) is 0 Å². The third-order valence-corrected chi connectivity index (χ3v) is 3.60. The Morgan fingerprint density at radius 1 is 0.960 bits per heavy atom. The van der Waals surface area contributed by atoms with Crippen LogP contribution in [0.2, 0.25) is 0 Å². The van der Waals surface area contributed by atoms with Crippen molar-refractivity contribution in [3.63, 3.8) is 0 Å². The zero-order valence-corrected chi connectivity index (χ0v) is 14.9. The number of thiocarbonyl (C=S) groups is 1. The fourth-order valence-corrected chi connectivity index (χ4v) is 2.34. The van der Waals surface area contributed by atoms with E-state index in [0.717, 1.165) is 0 Å². The summed E-state index contributed by atoms with van der Waals surface area (Å²) in [5.74, 6) is 0.536. The minimum atomic E-state index is -0.388. The van der Waals surface area contributed by atoms with E-state index in [9.17, 15) is 9.59 Å². The third kappa shape index (κ3) is 4.77. The number of nitrogens with one attached hydrogen (secondary N) is 2. The van der Waals surface area contributed by atoms with Crippen molar-refractivity contribution < 1.29 is 19.1 Å². The van der Waals surface area contributed by atoms with E-state index in [1.54, 1.807) is 42.5 Å². The molecule has 6 nitrogen and oxygen atoms in total. The van der Waals surface area contributed by atoms with Crippen LogP contribution in [-0.2, 0) is 0 Å². The molecule has 2 aromatic rings. The first kappa shape index (κ1) is 18.4. The summed E-state index contributed by atoms with van der Waals surface area (Å²) in [5, 5.41) is 5.59. The lowest BCUT2D eigenvalue weighted by molar-refractivity contribution is 0.0975. The van der Waals surface area contributed by atoms with Gasteiger partial charge in [0.05, 0.1) is 14.2 Å². The highest BCUT2D eigenvalue weighted by Gasteiger charge is 2.12. The van der Waals surface area contributed by atoms with Gasteiger partial charge in [-0.15, -0.1) is 0 Å². The predicted octanol–water partition coefficient (Wildman–Crippen LogP) is 3.03. The van der Waals surface area contributed by atoms with Crippen molar-refractivity contribution in [3.05, 3.63) is 53.6 Å². The maximum atomic E-state index is 12.3. The highest BCUT2D eigenvalue weighted by molar-refractivity contribution is 7.80. The number of ketones is 1. The van der Waals surface area contributed by atoms with Crippen LogP contribution in [0, 0.1) is 0 Å². The molecule has 7 heteroatoms. The number of anilines is 1. The molecule has 1 amide bonds. The van der Waals surface area contributed by atoms with Crippen molar-refractivity contribution in [3.8, 4) is 11.5 Å². The van der Waals surface area contributed by atoms with Crippen LogP contribution < -0.4 is 20.1 Å². The summed E-state index contributed by atoms with van der Waals surface area (Å²) in [7, 11) is 3.01. The number of benzene rings is 2. The molecule has 0 spiro atoms. The first-order valence-corrected chi connectivity index (χ1v) is 7.80. The highest BCUT2D eigenvalue weighted by Crippen LogP contribution is 2.27. The number of Topliss-reactive ketones (excluding diaryl/α,β-unsaturated/α-hetero) is 1. The summed E-state index contributed by atoms with van der Waals surface area (Å²) >= 11 is 5.15. The van der Waals surface area contributed by atoms with Crippen LogP contribution in [0.15, 0.2) is 42.5 Å². The maximum Gasteiger partial charge on any atom is 0.257 e. The number of carbonyl (C=O) groups is 2. The van der Waals surface area contributed by atoms with Gasteiger partial charge in [-0.2, -0.15) is 0 Å². The van der Waals surface area contributed by atoms with E-state index in [-0.39, 0.29) is 16.8 Å². The fourth-order valence-electron chi connectivity index (χ4n) is 2.13. The predicted molar refractivity (Wildman–Crippen MR) is 99.7 cm³/mol. The Bertz CT molecular complexity index is 820. The van der Waals surface area contributed by atoms with Crippen LogP contribution in [-0.4, -0.2) is 31.0 Å². The van der Waals surface area contributed by atoms with Crippen LogP contribution in [0.25, 0.3) is 0 Å². The Morgan fingerprint density at radius 2 is 1.68 bits per heavy atom. The van der Waals surface area contributed by atoms with Gasteiger partial charge in [0.2, 0.25) is 0 Å². The second-order valence-corrected chi connectivity index (χ2v) is 5.52. The molecule has 0 radical (unpaired) electrons. The van der Waals surface area contributed by atoms with Crippen molar-refractivity contribution in [2.24, 2.45) is 0 Å². The number of rotatable bonds is 5. The summed E-state index contributed by atoms with van der Waals surface area (Å²) in [6.07, 6.45) is 0. The largest absolute Gasteiger partial charge is 0.493 e. The van der Waals surface area contributed by atoms with Crippen LogP contribution in [0.5, 0.6) is 11.5 Å². The number of methoxy groups -OCH3 is 2. The first-order chi connectivity index (χ1) is 11.9. The van der Waals surface area contributed by atoms with Crippen molar-refractivity contribution in [2.45, 2.75) is 6.92 Å². The van der Waals surface area contributed by atoms with Crippen LogP contribution in [0.3, 0.4) is 0 Å². The van der Waals surface area contributed by atoms with E-state index < -0.39 is 0 Å². The number of hydrogen-bond donors (Lipinski definition) is 2. The van der Waals surface area contributed by atoms with Crippen LogP contribution in [0.4, 0.5) is 5.69 Å². The molecule has 2 rings (SSSR count). The molecule has 0 bridgehead atoms. The standard InChI is InChI=1S/C18H18N2O4S/c1-11(21)12-5-4-6-14(9-12)19-18(25)20-17(22)13-7-8-15(23-2)16(10-13)24-3/h4-10H,1-3H3,(H2,19,20,22,25). The molecule has 2 N–H and O–H groups in total. The Hall–Kier alpha value is -2.93. The van der Waals surface area contributed by atoms with Gasteiger partial charge >= 0.3 is 0 Å². The first-order valence-electron chi connectivity index (χ1n) is 7.40. The van der Waals surface area contributed by atoms with Crippen molar-refractivity contribution in [1.29, 1.82) is 0 Å². The van der Waals surface area contributed by atoms with E-state index in [2.05, 4.69) is 10.6 Å². The Labute approximate surface area is 151 Å². The lowest BCUT2D eigenvalue weighted by Crippen LogP contribution is -2.34. The minimum Gasteiger partial charge on any atom is -0.493 e. The number of carbonyl (C=O) groups excluding carboxylic acids is 2. The van der Waals surface area contributed by atoms with Crippen LogP contribution in [0.1, 0.15) is 27.6 Å². The molecule has 0 atom stereocenters. The number of amides is 1. The molecule has 0 heterocycles. The molecule has 0 aliphatic carbocycles. The number of ether oxygens (including phenoxy) is 2. The normalized spacial score (nSPS) is 9.88. The van der Waals surface area contributed by atoms with E-state index in [0.29, 0.717) is 28.3 Å². The molecule has 0 aliphatic heterocycles. The average molecular weight is 358 g/mol. The summed E-state index contributed by atoms with van der Waals surface area (Å²) in [6, 6.07) is 11.7. The van der Waals surface area contributed by atoms with Gasteiger partial charge in [0.25, 0.3) is 5.91 Å². The van der Waals surface area contributed by atoms with Gasteiger partial charge in [0, 0.05) is 16.8 Å². The molecular formula is C18H18N2O4S. The second kappa shape index (κ2) is 8.25. The molecular weight excluding hydrogens is 340 g/mol. The van der Waals surface area contributed by atoms with E-state index >= 15 is 0 Å². The molecule has 0 saturated carbocycles. The molecule has 130 valence electrons. The van der Waals surface area contributed by atoms with E-state index in [1.807, 2.05) is 0 Å². The molecule has 25 heavy (non-hydrogen) atoms. The molecule has 0 unspecified atom stereocenters. The van der Waals surface area contributed by atoms with Gasteiger partial charge in [0.15, 0.2) is 22.4 Å². The molecule has 0 aliphatic rings. The quantitative estimate of drug-likeness (QED) is 0.632. The minimum absolute atomic E-state index is 0.0519. The van der Waals surface area contributed by atoms with Crippen molar-refractivity contribution >= 4 is 34.7 Å². The lowest BCUT2D eigenvalue weighted by atomic mass is 10.1. The zero-order chi connectivity index (χ0) is 18.4. The van der Waals surface area contributed by atoms with Crippen LogP contribution >= 0.6 is 12.2 Å². The summed E-state index contributed by atoms with van der Waals surface area (Å²) in [5.41, 5.74) is 1.55. The Kier molecular flexibility index (Phi) is 6.08. The van der Waals surface area contributed by atoms with Gasteiger partial charge in [-0.1, -0.05) is 12.1 Å². The molecule has 2 aromatic carbocycles. The van der Waals surface area contributed by atoms with Gasteiger partial charge in [-0.05, 0) is 49.5 Å². The fraction of sp³-hybridized carbons (Fsp3) is 0.167. The van der Waals surface area contributed by atoms with Crippen molar-refractivity contribution in [1.82, 2.24) is 5.32 Å². The Balaban J connectivity index is 2.06. The monoisotopic (exact) mass is 358 g/mol. The van der Waals surface area contributed by atoms with Gasteiger partial charge in [-0.3, -0.25) is 14.9 Å². The topological polar surface area (TPSA) is 76.7 Å². The lowest BCUT2D eigenvalue weighted by Gasteiger charge is -2.12. The third-order valence-electron chi connectivity index (χ3n) is 3.40. The van der Waals surface area contributed by atoms with E-state index in [1.165, 1.54) is 21.1 Å². The summed E-state index contributed by atoms with van der Waals surface area (Å²) in [4.78, 5) is 23.7. The molecule has 0 fully saturated rings. The highest BCUT2D eigenvalue weighted by atomic mass is 32.1. The summed E-state index contributed by atoms with van der Waals surface area (Å²) in [6.45, 7) is 1.48. The maximum absolute atomic E-state index is 12.3.